The number of carbonyl (C=O) groups is 1. The number of amides is 1. The first kappa shape index (κ1) is 18.6. The molecule has 0 aromatic heterocycles. The maximum Gasteiger partial charge on any atom is 0.251 e. The topological polar surface area (TPSA) is 47.6 Å². The standard InChI is InChI=1S/C17H26ClNO3/c1-6-9-22-15-13(18)10-12(11-14(15)21-8-3)16(20)19-17(4,5)7-2/h10-11H,6-9H2,1-5H3,(H,19,20). The number of carbonyl (C=O) groups excluding carboxylic acids is 1. The highest BCUT2D eigenvalue weighted by molar-refractivity contribution is 6.32. The Morgan fingerprint density at radius 3 is 2.45 bits per heavy atom. The summed E-state index contributed by atoms with van der Waals surface area (Å²) in [4.78, 5) is 12.4. The molecule has 124 valence electrons. The SMILES string of the molecule is CCCOc1c(Cl)cc(C(=O)NC(C)(C)CC)cc1OCC. The summed E-state index contributed by atoms with van der Waals surface area (Å²) in [5.74, 6) is 0.830. The second kappa shape index (κ2) is 8.28. The van der Waals surface area contributed by atoms with Crippen LogP contribution in [0.1, 0.15) is 57.8 Å². The molecule has 0 atom stereocenters. The average molecular weight is 328 g/mol. The van der Waals surface area contributed by atoms with Gasteiger partial charge in [0, 0.05) is 11.1 Å². The smallest absolute Gasteiger partial charge is 0.251 e. The highest BCUT2D eigenvalue weighted by Gasteiger charge is 2.21. The molecule has 5 heteroatoms. The summed E-state index contributed by atoms with van der Waals surface area (Å²) in [6.45, 7) is 10.9. The molecule has 0 bridgehead atoms. The molecule has 0 unspecified atom stereocenters. The van der Waals surface area contributed by atoms with Gasteiger partial charge in [-0.05, 0) is 45.7 Å². The van der Waals surface area contributed by atoms with Crippen molar-refractivity contribution < 1.29 is 14.3 Å². The van der Waals surface area contributed by atoms with E-state index in [9.17, 15) is 4.79 Å². The third-order valence-electron chi connectivity index (χ3n) is 3.36. The van der Waals surface area contributed by atoms with E-state index in [1.54, 1.807) is 12.1 Å². The van der Waals surface area contributed by atoms with Crippen LogP contribution in [0, 0.1) is 0 Å². The molecule has 0 fully saturated rings. The van der Waals surface area contributed by atoms with Crippen LogP contribution < -0.4 is 14.8 Å². The minimum atomic E-state index is -0.271. The van der Waals surface area contributed by atoms with E-state index in [4.69, 9.17) is 21.1 Å². The molecule has 0 aliphatic heterocycles. The molecule has 0 saturated heterocycles. The number of rotatable bonds is 8. The monoisotopic (exact) mass is 327 g/mol. The second-order valence-corrected chi connectivity index (χ2v) is 6.17. The lowest BCUT2D eigenvalue weighted by atomic mass is 10.0. The molecule has 1 aromatic rings. The zero-order chi connectivity index (χ0) is 16.8. The summed E-state index contributed by atoms with van der Waals surface area (Å²) in [5.41, 5.74) is 0.200. The van der Waals surface area contributed by atoms with Gasteiger partial charge in [-0.1, -0.05) is 25.4 Å². The Kier molecular flexibility index (Phi) is 7.01. The fraction of sp³-hybridized carbons (Fsp3) is 0.588. The lowest BCUT2D eigenvalue weighted by molar-refractivity contribution is 0.0910. The van der Waals surface area contributed by atoms with Crippen LogP contribution in [0.5, 0.6) is 11.5 Å². The van der Waals surface area contributed by atoms with Gasteiger partial charge in [0.2, 0.25) is 0 Å². The van der Waals surface area contributed by atoms with Crippen molar-refractivity contribution >= 4 is 17.5 Å². The second-order valence-electron chi connectivity index (χ2n) is 5.76. The van der Waals surface area contributed by atoms with Gasteiger partial charge in [0.05, 0.1) is 18.2 Å². The number of nitrogens with one attached hydrogen (secondary N) is 1. The van der Waals surface area contributed by atoms with Crippen molar-refractivity contribution in [1.29, 1.82) is 0 Å². The van der Waals surface area contributed by atoms with Crippen molar-refractivity contribution in [2.24, 2.45) is 0 Å². The minimum Gasteiger partial charge on any atom is -0.490 e. The summed E-state index contributed by atoms with van der Waals surface area (Å²) in [5, 5.41) is 3.38. The molecule has 0 heterocycles. The quantitative estimate of drug-likeness (QED) is 0.767. The molecule has 22 heavy (non-hydrogen) atoms. The molecule has 0 radical (unpaired) electrons. The fourth-order valence-corrected chi connectivity index (χ4v) is 2.04. The van der Waals surface area contributed by atoms with E-state index in [1.807, 2.05) is 34.6 Å². The number of hydrogen-bond donors (Lipinski definition) is 1. The normalized spacial score (nSPS) is 11.2. The summed E-state index contributed by atoms with van der Waals surface area (Å²) < 4.78 is 11.2. The Balaban J connectivity index is 3.09. The first-order chi connectivity index (χ1) is 10.3. The van der Waals surface area contributed by atoms with E-state index < -0.39 is 0 Å². The van der Waals surface area contributed by atoms with Crippen LogP contribution in [-0.2, 0) is 0 Å². The minimum absolute atomic E-state index is 0.170. The number of ether oxygens (including phenoxy) is 2. The highest BCUT2D eigenvalue weighted by Crippen LogP contribution is 2.37. The summed E-state index contributed by atoms with van der Waals surface area (Å²) in [6.07, 6.45) is 1.71. The lowest BCUT2D eigenvalue weighted by Crippen LogP contribution is -2.42. The van der Waals surface area contributed by atoms with Crippen molar-refractivity contribution in [3.8, 4) is 11.5 Å². The highest BCUT2D eigenvalue weighted by atomic mass is 35.5. The van der Waals surface area contributed by atoms with Crippen LogP contribution in [0.3, 0.4) is 0 Å². The van der Waals surface area contributed by atoms with E-state index in [0.29, 0.717) is 35.3 Å². The van der Waals surface area contributed by atoms with E-state index in [1.165, 1.54) is 0 Å². The van der Waals surface area contributed by atoms with Gasteiger partial charge >= 0.3 is 0 Å². The van der Waals surface area contributed by atoms with Crippen LogP contribution in [-0.4, -0.2) is 24.7 Å². The Hall–Kier alpha value is -1.42. The predicted octanol–water partition coefficient (Wildman–Crippen LogP) is 4.45. The largest absolute Gasteiger partial charge is 0.490 e. The van der Waals surface area contributed by atoms with Crippen molar-refractivity contribution in [2.45, 2.75) is 53.0 Å². The number of halogens is 1. The molecule has 0 spiro atoms. The van der Waals surface area contributed by atoms with Gasteiger partial charge < -0.3 is 14.8 Å². The Morgan fingerprint density at radius 2 is 1.91 bits per heavy atom. The van der Waals surface area contributed by atoms with E-state index in [-0.39, 0.29) is 11.4 Å². The first-order valence-electron chi connectivity index (χ1n) is 7.76. The number of hydrogen-bond acceptors (Lipinski definition) is 3. The first-order valence-corrected chi connectivity index (χ1v) is 8.14. The van der Waals surface area contributed by atoms with E-state index in [0.717, 1.165) is 12.8 Å². The van der Waals surface area contributed by atoms with E-state index >= 15 is 0 Å². The molecule has 0 aliphatic rings. The average Bonchev–Trinajstić information content (AvgIpc) is 2.46. The van der Waals surface area contributed by atoms with Gasteiger partial charge in [-0.25, -0.2) is 0 Å². The predicted molar refractivity (Wildman–Crippen MR) is 90.2 cm³/mol. The third kappa shape index (κ3) is 5.09. The molecule has 1 aromatic carbocycles. The molecule has 4 nitrogen and oxygen atoms in total. The van der Waals surface area contributed by atoms with Crippen LogP contribution in [0.2, 0.25) is 5.02 Å². The molecule has 1 amide bonds. The zero-order valence-corrected chi connectivity index (χ0v) is 14.8. The summed E-state index contributed by atoms with van der Waals surface area (Å²) in [7, 11) is 0. The maximum atomic E-state index is 12.4. The van der Waals surface area contributed by atoms with Gasteiger partial charge in [-0.2, -0.15) is 0 Å². The molecular weight excluding hydrogens is 302 g/mol. The van der Waals surface area contributed by atoms with Crippen molar-refractivity contribution in [1.82, 2.24) is 5.32 Å². The van der Waals surface area contributed by atoms with Gasteiger partial charge in [-0.3, -0.25) is 4.79 Å². The fourth-order valence-electron chi connectivity index (χ4n) is 1.77. The van der Waals surface area contributed by atoms with Gasteiger partial charge in [0.15, 0.2) is 11.5 Å². The lowest BCUT2D eigenvalue weighted by Gasteiger charge is -2.25. The Bertz CT molecular complexity index is 515. The van der Waals surface area contributed by atoms with Crippen molar-refractivity contribution in [3.05, 3.63) is 22.7 Å². The maximum absolute atomic E-state index is 12.4. The van der Waals surface area contributed by atoms with E-state index in [2.05, 4.69) is 5.32 Å². The van der Waals surface area contributed by atoms with Crippen molar-refractivity contribution in [2.75, 3.05) is 13.2 Å². The van der Waals surface area contributed by atoms with Crippen LogP contribution in [0.4, 0.5) is 0 Å². The Morgan fingerprint density at radius 1 is 1.23 bits per heavy atom. The molecule has 1 rings (SSSR count). The Labute approximate surface area is 138 Å². The molecular formula is C17H26ClNO3. The molecule has 0 saturated carbocycles. The van der Waals surface area contributed by atoms with Crippen molar-refractivity contribution in [3.63, 3.8) is 0 Å². The molecule has 1 N–H and O–H groups in total. The summed E-state index contributed by atoms with van der Waals surface area (Å²) >= 11 is 6.27. The van der Waals surface area contributed by atoms with Gasteiger partial charge in [0.1, 0.15) is 0 Å². The van der Waals surface area contributed by atoms with Crippen LogP contribution >= 0.6 is 11.6 Å². The molecule has 0 aliphatic carbocycles. The summed E-state index contributed by atoms with van der Waals surface area (Å²) in [6, 6.07) is 3.30. The van der Waals surface area contributed by atoms with Gasteiger partial charge in [-0.15, -0.1) is 0 Å². The number of benzene rings is 1. The third-order valence-corrected chi connectivity index (χ3v) is 3.64. The van der Waals surface area contributed by atoms with Crippen LogP contribution in [0.25, 0.3) is 0 Å². The van der Waals surface area contributed by atoms with Crippen LogP contribution in [0.15, 0.2) is 12.1 Å². The van der Waals surface area contributed by atoms with Gasteiger partial charge in [0.25, 0.3) is 5.91 Å². The zero-order valence-electron chi connectivity index (χ0n) is 14.1.